The van der Waals surface area contributed by atoms with Crippen LogP contribution in [0.4, 0.5) is 4.79 Å². The van der Waals surface area contributed by atoms with Crippen molar-refractivity contribution in [1.29, 1.82) is 0 Å². The van der Waals surface area contributed by atoms with Gasteiger partial charge in [0.2, 0.25) is 0 Å². The first-order valence-electron chi connectivity index (χ1n) is 11.7. The van der Waals surface area contributed by atoms with Crippen molar-refractivity contribution in [3.63, 3.8) is 0 Å². The van der Waals surface area contributed by atoms with Gasteiger partial charge in [0, 0.05) is 6.54 Å². The number of rotatable bonds is 6. The lowest BCUT2D eigenvalue weighted by Crippen LogP contribution is -2.42. The molecule has 2 aliphatic heterocycles. The molecule has 34 heavy (non-hydrogen) atoms. The molecule has 0 bridgehead atoms. The lowest BCUT2D eigenvalue weighted by molar-refractivity contribution is -0.134. The summed E-state index contributed by atoms with van der Waals surface area (Å²) in [6.07, 6.45) is 6.81. The summed E-state index contributed by atoms with van der Waals surface area (Å²) in [6, 6.07) is 8.42. The van der Waals surface area contributed by atoms with Crippen LogP contribution in [0, 0.1) is 0 Å². The lowest BCUT2D eigenvalue weighted by atomic mass is 10.1. The van der Waals surface area contributed by atoms with E-state index in [2.05, 4.69) is 30.6 Å². The Morgan fingerprint density at radius 3 is 2.50 bits per heavy atom. The number of nitrogens with zero attached hydrogens (tertiary/aromatic N) is 3. The van der Waals surface area contributed by atoms with Gasteiger partial charge in [0.1, 0.15) is 17.7 Å². The highest BCUT2D eigenvalue weighted by atomic mass is 16.5. The van der Waals surface area contributed by atoms with Crippen LogP contribution in [0.2, 0.25) is 0 Å². The molecule has 3 atom stereocenters. The van der Waals surface area contributed by atoms with Crippen molar-refractivity contribution in [3.05, 3.63) is 59.9 Å². The first-order valence-corrected chi connectivity index (χ1v) is 11.7. The number of amides is 2. The molecule has 2 amide bonds. The number of aromatic amines is 2. The number of aromatic nitrogens is 4. The van der Waals surface area contributed by atoms with E-state index in [9.17, 15) is 9.59 Å². The molecule has 10 nitrogen and oxygen atoms in total. The summed E-state index contributed by atoms with van der Waals surface area (Å²) in [4.78, 5) is 43.3. The number of imidazole rings is 2. The van der Waals surface area contributed by atoms with Gasteiger partial charge in [0.15, 0.2) is 0 Å². The van der Waals surface area contributed by atoms with Crippen LogP contribution in [0.25, 0.3) is 11.4 Å². The number of ether oxygens (including phenoxy) is 1. The zero-order valence-corrected chi connectivity index (χ0v) is 19.1. The van der Waals surface area contributed by atoms with E-state index in [1.54, 1.807) is 11.1 Å². The predicted octanol–water partition coefficient (Wildman–Crippen LogP) is 2.99. The Hall–Kier alpha value is -3.66. The van der Waals surface area contributed by atoms with Crippen LogP contribution in [0.1, 0.15) is 61.0 Å². The van der Waals surface area contributed by atoms with Gasteiger partial charge in [-0.25, -0.2) is 14.8 Å². The van der Waals surface area contributed by atoms with E-state index >= 15 is 0 Å². The second kappa shape index (κ2) is 9.68. The molecular weight excluding hydrogens is 434 g/mol. The van der Waals surface area contributed by atoms with Crippen molar-refractivity contribution in [1.82, 2.24) is 35.5 Å². The number of alkyl carbamates (subject to hydrolysis) is 1. The molecule has 178 valence electrons. The normalized spacial score (nSPS) is 20.9. The van der Waals surface area contributed by atoms with Gasteiger partial charge in [-0.05, 0) is 37.8 Å². The van der Waals surface area contributed by atoms with Crippen molar-refractivity contribution >= 4 is 12.0 Å². The van der Waals surface area contributed by atoms with Gasteiger partial charge in [0.25, 0.3) is 5.91 Å². The van der Waals surface area contributed by atoms with Gasteiger partial charge < -0.3 is 30.2 Å². The molecule has 2 aromatic heterocycles. The highest BCUT2D eigenvalue weighted by Crippen LogP contribution is 2.34. The van der Waals surface area contributed by atoms with Crippen LogP contribution in [0.3, 0.4) is 0 Å². The zero-order chi connectivity index (χ0) is 23.5. The third kappa shape index (κ3) is 4.41. The lowest BCUT2D eigenvalue weighted by Gasteiger charge is -2.28. The second-order valence-corrected chi connectivity index (χ2v) is 8.68. The summed E-state index contributed by atoms with van der Waals surface area (Å²) >= 11 is 0. The topological polar surface area (TPSA) is 128 Å². The van der Waals surface area contributed by atoms with Crippen LogP contribution in [0.5, 0.6) is 0 Å². The fraction of sp³-hybridized carbons (Fsp3) is 0.417. The van der Waals surface area contributed by atoms with E-state index < -0.39 is 12.1 Å². The number of H-pyrrole nitrogens is 2. The number of hydrogen-bond donors (Lipinski definition) is 4. The minimum Gasteiger partial charge on any atom is -0.453 e. The van der Waals surface area contributed by atoms with E-state index in [1.165, 1.54) is 7.11 Å². The van der Waals surface area contributed by atoms with E-state index in [4.69, 9.17) is 4.74 Å². The summed E-state index contributed by atoms with van der Waals surface area (Å²) in [5, 5.41) is 6.13. The monoisotopic (exact) mass is 463 g/mol. The largest absolute Gasteiger partial charge is 0.453 e. The quantitative estimate of drug-likeness (QED) is 0.445. The SMILES string of the molecule is COC(=O)N[C@@H](C(=O)N1CCC[C@H]1c1ncc(-c2cnc([C@@H]3CCCN3)[nH]2)[nH]1)c1ccccc1. The van der Waals surface area contributed by atoms with Crippen molar-refractivity contribution in [2.45, 2.75) is 43.8 Å². The van der Waals surface area contributed by atoms with Crippen molar-refractivity contribution in [2.24, 2.45) is 0 Å². The molecule has 1 aromatic carbocycles. The third-order valence-electron chi connectivity index (χ3n) is 6.55. The van der Waals surface area contributed by atoms with Gasteiger partial charge in [-0.15, -0.1) is 0 Å². The Labute approximate surface area is 197 Å². The highest BCUT2D eigenvalue weighted by Gasteiger charge is 2.37. The molecule has 3 aromatic rings. The Kier molecular flexibility index (Phi) is 6.31. The molecule has 2 fully saturated rings. The molecule has 0 radical (unpaired) electrons. The number of hydrogen-bond acceptors (Lipinski definition) is 6. The summed E-state index contributed by atoms with van der Waals surface area (Å²) in [6.45, 7) is 1.60. The average molecular weight is 464 g/mol. The van der Waals surface area contributed by atoms with Gasteiger partial charge >= 0.3 is 6.09 Å². The van der Waals surface area contributed by atoms with Crippen LogP contribution in [-0.2, 0) is 9.53 Å². The average Bonchev–Trinajstić information content (AvgIpc) is 3.67. The molecule has 2 aliphatic rings. The molecule has 0 aliphatic carbocycles. The fourth-order valence-corrected chi connectivity index (χ4v) is 4.80. The van der Waals surface area contributed by atoms with E-state index in [0.717, 1.165) is 55.3 Å². The van der Waals surface area contributed by atoms with Gasteiger partial charge in [0.05, 0.1) is 43.0 Å². The van der Waals surface area contributed by atoms with Gasteiger partial charge in [-0.2, -0.15) is 0 Å². The standard InChI is InChI=1S/C24H29N7O3/c1-34-24(33)30-20(15-7-3-2-4-8-15)23(32)31-12-6-10-19(31)22-27-14-18(29-22)17-13-26-21(28-17)16-9-5-11-25-16/h2-4,7-8,13-14,16,19-20,25H,5-6,9-12H2,1H3,(H,26,28)(H,27,29)(H,30,33)/t16-,19-,20+/m0/s1. The van der Waals surface area contributed by atoms with Crippen molar-refractivity contribution in [3.8, 4) is 11.4 Å². The molecule has 0 unspecified atom stereocenters. The molecule has 4 heterocycles. The van der Waals surface area contributed by atoms with Crippen LogP contribution >= 0.6 is 0 Å². The molecule has 4 N–H and O–H groups in total. The van der Waals surface area contributed by atoms with Crippen LogP contribution in [0.15, 0.2) is 42.7 Å². The predicted molar refractivity (Wildman–Crippen MR) is 125 cm³/mol. The molecule has 0 spiro atoms. The molecule has 10 heteroatoms. The summed E-state index contributed by atoms with van der Waals surface area (Å²) in [5.74, 6) is 1.47. The second-order valence-electron chi connectivity index (χ2n) is 8.68. The van der Waals surface area contributed by atoms with E-state index in [0.29, 0.717) is 12.1 Å². The first kappa shape index (κ1) is 22.1. The Balaban J connectivity index is 1.36. The number of methoxy groups -OCH3 is 1. The maximum atomic E-state index is 13.6. The number of carbonyl (C=O) groups excluding carboxylic acids is 2. The van der Waals surface area contributed by atoms with Crippen molar-refractivity contribution < 1.29 is 14.3 Å². The number of benzene rings is 1. The molecule has 2 saturated heterocycles. The van der Waals surface area contributed by atoms with Crippen molar-refractivity contribution in [2.75, 3.05) is 20.2 Å². The maximum Gasteiger partial charge on any atom is 0.407 e. The number of nitrogens with one attached hydrogen (secondary N) is 4. The number of likely N-dealkylation sites (tertiary alicyclic amines) is 1. The minimum atomic E-state index is -0.835. The van der Waals surface area contributed by atoms with E-state index in [-0.39, 0.29) is 18.0 Å². The van der Waals surface area contributed by atoms with Crippen LogP contribution < -0.4 is 10.6 Å². The summed E-state index contributed by atoms with van der Waals surface area (Å²) in [5.41, 5.74) is 2.40. The van der Waals surface area contributed by atoms with Gasteiger partial charge in [-0.3, -0.25) is 4.79 Å². The molecular formula is C24H29N7O3. The smallest absolute Gasteiger partial charge is 0.407 e. The molecule has 5 rings (SSSR count). The van der Waals surface area contributed by atoms with Crippen LogP contribution in [-0.4, -0.2) is 57.0 Å². The van der Waals surface area contributed by atoms with E-state index in [1.807, 2.05) is 36.5 Å². The highest BCUT2D eigenvalue weighted by molar-refractivity contribution is 5.87. The summed E-state index contributed by atoms with van der Waals surface area (Å²) in [7, 11) is 1.29. The summed E-state index contributed by atoms with van der Waals surface area (Å²) < 4.78 is 4.76. The fourth-order valence-electron chi connectivity index (χ4n) is 4.80. The Bertz CT molecular complexity index is 1140. The zero-order valence-electron chi connectivity index (χ0n) is 19.1. The minimum absolute atomic E-state index is 0.187. The molecule has 0 saturated carbocycles. The first-order chi connectivity index (χ1) is 16.6. The Morgan fingerprint density at radius 1 is 1.06 bits per heavy atom. The third-order valence-corrected chi connectivity index (χ3v) is 6.55. The maximum absolute atomic E-state index is 13.6. The van der Waals surface area contributed by atoms with Gasteiger partial charge in [-0.1, -0.05) is 30.3 Å². The number of carbonyl (C=O) groups is 2. The Morgan fingerprint density at radius 2 is 1.79 bits per heavy atom.